The van der Waals surface area contributed by atoms with Gasteiger partial charge in [-0.05, 0) is 35.2 Å². The average molecular weight is 575 g/mol. The minimum absolute atomic E-state index is 0.906. The first-order valence-electron chi connectivity index (χ1n) is 15.1. The Bertz CT molecular complexity index is 2530. The van der Waals surface area contributed by atoms with E-state index in [-0.39, 0.29) is 0 Å². The molecule has 9 rings (SSSR count). The number of benzene rings is 5. The third-order valence-corrected chi connectivity index (χ3v) is 8.62. The summed E-state index contributed by atoms with van der Waals surface area (Å²) in [4.78, 5) is 9.80. The molecule has 0 bridgehead atoms. The fraction of sp³-hybridized carbons (Fsp3) is 0. The van der Waals surface area contributed by atoms with E-state index in [0.717, 1.165) is 72.2 Å². The molecule has 5 aromatic carbocycles. The molecule has 0 saturated carbocycles. The largest absolute Gasteiger partial charge is 0.254 e. The molecule has 4 aromatic heterocycles. The number of fused-ring (bicyclic) bond motifs is 6. The van der Waals surface area contributed by atoms with Crippen LogP contribution in [0.3, 0.4) is 0 Å². The van der Waals surface area contributed by atoms with Crippen LogP contribution in [-0.2, 0) is 0 Å². The molecule has 0 aliphatic rings. The quantitative estimate of drug-likeness (QED) is 0.196. The lowest BCUT2D eigenvalue weighted by molar-refractivity contribution is 0.979. The van der Waals surface area contributed by atoms with Crippen LogP contribution in [0.1, 0.15) is 0 Å². The Balaban J connectivity index is 1.32. The Hall–Kier alpha value is -6.13. The first-order valence-corrected chi connectivity index (χ1v) is 15.1. The summed E-state index contributed by atoms with van der Waals surface area (Å²) in [6, 6.07) is 53.1. The van der Waals surface area contributed by atoms with Crippen molar-refractivity contribution in [3.05, 3.63) is 158 Å². The van der Waals surface area contributed by atoms with Gasteiger partial charge >= 0.3 is 0 Å². The number of nitrogens with zero attached hydrogens (tertiary/aromatic N) is 4. The van der Waals surface area contributed by atoms with E-state index in [1.165, 1.54) is 10.8 Å². The van der Waals surface area contributed by atoms with Gasteiger partial charge in [0.2, 0.25) is 0 Å². The number of pyridine rings is 3. The van der Waals surface area contributed by atoms with Gasteiger partial charge in [-0.2, -0.15) is 5.10 Å². The number of hydrogen-bond acceptors (Lipinski definition) is 3. The minimum Gasteiger partial charge on any atom is -0.254 e. The van der Waals surface area contributed by atoms with Gasteiger partial charge in [-0.15, -0.1) is 0 Å². The third-order valence-electron chi connectivity index (χ3n) is 8.62. The van der Waals surface area contributed by atoms with Crippen LogP contribution in [-0.4, -0.2) is 19.6 Å². The van der Waals surface area contributed by atoms with Crippen molar-refractivity contribution in [3.8, 4) is 44.9 Å². The Morgan fingerprint density at radius 1 is 0.467 bits per heavy atom. The fourth-order valence-corrected chi connectivity index (χ4v) is 6.49. The van der Waals surface area contributed by atoms with Gasteiger partial charge in [0, 0.05) is 44.6 Å². The highest BCUT2D eigenvalue weighted by Gasteiger charge is 2.21. The molecule has 0 N–H and O–H groups in total. The number of aromatic nitrogens is 4. The summed E-state index contributed by atoms with van der Waals surface area (Å²) in [7, 11) is 0. The zero-order valence-electron chi connectivity index (χ0n) is 24.3. The van der Waals surface area contributed by atoms with Crippen molar-refractivity contribution in [3.63, 3.8) is 0 Å². The lowest BCUT2D eigenvalue weighted by Gasteiger charge is -2.10. The van der Waals surface area contributed by atoms with Gasteiger partial charge in [0.25, 0.3) is 0 Å². The predicted molar refractivity (Wildman–Crippen MR) is 185 cm³/mol. The molecule has 0 spiro atoms. The molecule has 210 valence electrons. The zero-order chi connectivity index (χ0) is 29.7. The molecule has 9 aromatic rings. The second-order valence-corrected chi connectivity index (χ2v) is 11.3. The Kier molecular flexibility index (Phi) is 5.78. The van der Waals surface area contributed by atoms with E-state index in [1.807, 2.05) is 12.3 Å². The SMILES string of the molecule is c1ccc(-c2c(-c3cccc(-c4ccc5ccc6cccnc6c5n4)c3)nn3c(-c4ccccc4)cc4ccccc4c23)cc1. The van der Waals surface area contributed by atoms with E-state index < -0.39 is 0 Å². The summed E-state index contributed by atoms with van der Waals surface area (Å²) in [5.74, 6) is 0. The monoisotopic (exact) mass is 574 g/mol. The maximum absolute atomic E-state index is 5.40. The topological polar surface area (TPSA) is 43.1 Å². The summed E-state index contributed by atoms with van der Waals surface area (Å²) < 4.78 is 2.13. The molecule has 0 aliphatic heterocycles. The Labute approximate surface area is 259 Å². The number of rotatable bonds is 4. The summed E-state index contributed by atoms with van der Waals surface area (Å²) >= 11 is 0. The Morgan fingerprint density at radius 3 is 1.98 bits per heavy atom. The molecule has 4 heterocycles. The van der Waals surface area contributed by atoms with E-state index in [9.17, 15) is 0 Å². The van der Waals surface area contributed by atoms with Gasteiger partial charge in [0.05, 0.1) is 27.9 Å². The van der Waals surface area contributed by atoms with Crippen LogP contribution in [0.2, 0.25) is 0 Å². The van der Waals surface area contributed by atoms with Crippen LogP contribution < -0.4 is 0 Å². The van der Waals surface area contributed by atoms with Crippen LogP contribution in [0.15, 0.2) is 158 Å². The van der Waals surface area contributed by atoms with E-state index in [4.69, 9.17) is 10.1 Å². The molecule has 0 saturated heterocycles. The molecular formula is C41H26N4. The summed E-state index contributed by atoms with van der Waals surface area (Å²) in [6.45, 7) is 0. The summed E-state index contributed by atoms with van der Waals surface area (Å²) in [6.07, 6.45) is 1.83. The van der Waals surface area contributed by atoms with Crippen molar-refractivity contribution in [2.75, 3.05) is 0 Å². The lowest BCUT2D eigenvalue weighted by Crippen LogP contribution is -1.95. The van der Waals surface area contributed by atoms with Crippen molar-refractivity contribution in [2.45, 2.75) is 0 Å². The van der Waals surface area contributed by atoms with Crippen LogP contribution in [0, 0.1) is 0 Å². The molecule has 0 fully saturated rings. The molecule has 0 amide bonds. The third kappa shape index (κ3) is 4.19. The first-order chi connectivity index (χ1) is 22.3. The zero-order valence-corrected chi connectivity index (χ0v) is 24.3. The van der Waals surface area contributed by atoms with Gasteiger partial charge in [0.1, 0.15) is 5.69 Å². The predicted octanol–water partition coefficient (Wildman–Crippen LogP) is 10.3. The molecule has 4 heteroatoms. The fourth-order valence-electron chi connectivity index (χ4n) is 6.49. The van der Waals surface area contributed by atoms with Crippen LogP contribution in [0.5, 0.6) is 0 Å². The van der Waals surface area contributed by atoms with Crippen molar-refractivity contribution in [1.82, 2.24) is 19.6 Å². The van der Waals surface area contributed by atoms with Gasteiger partial charge in [0.15, 0.2) is 0 Å². The Morgan fingerprint density at radius 2 is 1.13 bits per heavy atom. The van der Waals surface area contributed by atoms with Crippen LogP contribution >= 0.6 is 0 Å². The van der Waals surface area contributed by atoms with Crippen molar-refractivity contribution in [1.29, 1.82) is 0 Å². The van der Waals surface area contributed by atoms with E-state index in [1.54, 1.807) is 0 Å². The highest BCUT2D eigenvalue weighted by Crippen LogP contribution is 2.41. The molecule has 45 heavy (non-hydrogen) atoms. The van der Waals surface area contributed by atoms with Gasteiger partial charge in [-0.1, -0.05) is 127 Å². The van der Waals surface area contributed by atoms with Crippen molar-refractivity contribution >= 4 is 38.1 Å². The highest BCUT2D eigenvalue weighted by molar-refractivity contribution is 6.09. The smallest absolute Gasteiger partial charge is 0.101 e. The second kappa shape index (κ2) is 10.2. The standard InChI is InChI=1S/C41H26N4/c1-3-11-27(12-4-1)36-26-31-15-7-8-19-34(31)41-37(28-13-5-2-6-14-28)38(44-45(36)41)33-17-9-16-32(25-33)35-23-22-30-21-20-29-18-10-24-42-39(29)40(30)43-35/h1-26H. The van der Waals surface area contributed by atoms with Crippen LogP contribution in [0.4, 0.5) is 0 Å². The molecular weight excluding hydrogens is 548 g/mol. The molecule has 0 aliphatic carbocycles. The summed E-state index contributed by atoms with van der Waals surface area (Å²) in [5, 5.41) is 9.91. The maximum Gasteiger partial charge on any atom is 0.101 e. The first kappa shape index (κ1) is 25.4. The van der Waals surface area contributed by atoms with Gasteiger partial charge in [-0.3, -0.25) is 4.98 Å². The van der Waals surface area contributed by atoms with Crippen LogP contribution in [0.25, 0.3) is 83.0 Å². The molecule has 0 unspecified atom stereocenters. The molecule has 0 atom stereocenters. The number of hydrogen-bond donors (Lipinski definition) is 0. The summed E-state index contributed by atoms with van der Waals surface area (Å²) in [5.41, 5.74) is 11.3. The maximum atomic E-state index is 5.40. The minimum atomic E-state index is 0.906. The second-order valence-electron chi connectivity index (χ2n) is 11.3. The molecule has 0 radical (unpaired) electrons. The van der Waals surface area contributed by atoms with Gasteiger partial charge < -0.3 is 0 Å². The average Bonchev–Trinajstić information content (AvgIpc) is 3.53. The van der Waals surface area contributed by atoms with Crippen molar-refractivity contribution < 1.29 is 0 Å². The lowest BCUT2D eigenvalue weighted by atomic mass is 9.96. The van der Waals surface area contributed by atoms with E-state index in [2.05, 4.69) is 155 Å². The van der Waals surface area contributed by atoms with Gasteiger partial charge in [-0.25, -0.2) is 9.50 Å². The highest BCUT2D eigenvalue weighted by atomic mass is 15.2. The van der Waals surface area contributed by atoms with Crippen molar-refractivity contribution in [2.24, 2.45) is 0 Å². The normalized spacial score (nSPS) is 11.6. The molecule has 4 nitrogen and oxygen atoms in total. The van der Waals surface area contributed by atoms with E-state index in [0.29, 0.717) is 0 Å². The van der Waals surface area contributed by atoms with E-state index >= 15 is 0 Å².